The standard InChI is InChI=1S/C18H19F2N5O3S/c19-9-7-25-17(28-8-9)14(6-22-25)29(21,27)24-18(26)23-16-12-3-1-2-10(12)15(20)11-4-5-13(11)16/h6,9H,1-5,7-8H2,(H3,21,23,24,26,27). The van der Waals surface area contributed by atoms with Crippen molar-refractivity contribution in [2.24, 2.45) is 9.50 Å². The number of carbonyl (C=O) groups excluding carboxylic acids is 1. The summed E-state index contributed by atoms with van der Waals surface area (Å²) in [6.45, 7) is -0.265. The minimum atomic E-state index is -3.66. The molecule has 5 rings (SSSR count). The number of benzene rings is 1. The molecule has 154 valence electrons. The highest BCUT2D eigenvalue weighted by molar-refractivity contribution is 7.91. The lowest BCUT2D eigenvalue weighted by Gasteiger charge is -2.26. The minimum Gasteiger partial charge on any atom is -0.474 e. The molecule has 0 radical (unpaired) electrons. The van der Waals surface area contributed by atoms with Gasteiger partial charge >= 0.3 is 6.03 Å². The number of ether oxygens (including phenoxy) is 1. The third-order valence-corrected chi connectivity index (χ3v) is 6.98. The highest BCUT2D eigenvalue weighted by Gasteiger charge is 2.32. The first-order valence-electron chi connectivity index (χ1n) is 9.38. The van der Waals surface area contributed by atoms with Gasteiger partial charge in [0.15, 0.2) is 16.1 Å². The Morgan fingerprint density at radius 2 is 1.97 bits per heavy atom. The number of alkyl halides is 1. The highest BCUT2D eigenvalue weighted by atomic mass is 32.2. The largest absolute Gasteiger partial charge is 0.474 e. The minimum absolute atomic E-state index is 0.0507. The molecule has 0 saturated heterocycles. The van der Waals surface area contributed by atoms with E-state index in [1.165, 1.54) is 10.9 Å². The monoisotopic (exact) mass is 423 g/mol. The van der Waals surface area contributed by atoms with E-state index >= 15 is 0 Å². The number of hydrogen-bond donors (Lipinski definition) is 2. The van der Waals surface area contributed by atoms with E-state index in [0.29, 0.717) is 42.5 Å². The van der Waals surface area contributed by atoms with Crippen molar-refractivity contribution in [2.75, 3.05) is 11.9 Å². The summed E-state index contributed by atoms with van der Waals surface area (Å²) in [6, 6.07) is -0.883. The average molecular weight is 423 g/mol. The molecule has 0 fully saturated rings. The van der Waals surface area contributed by atoms with Crippen molar-refractivity contribution in [1.29, 1.82) is 0 Å². The fourth-order valence-electron chi connectivity index (χ4n) is 4.22. The average Bonchev–Trinajstić information content (AvgIpc) is 3.25. The Morgan fingerprint density at radius 3 is 2.72 bits per heavy atom. The number of hydrogen-bond acceptors (Lipinski definition) is 4. The maximum absolute atomic E-state index is 14.5. The second kappa shape index (κ2) is 6.49. The number of fused-ring (bicyclic) bond motifs is 3. The quantitative estimate of drug-likeness (QED) is 0.772. The summed E-state index contributed by atoms with van der Waals surface area (Å²) in [5.74, 6) is -0.110. The van der Waals surface area contributed by atoms with E-state index in [-0.39, 0.29) is 29.7 Å². The smallest absolute Gasteiger partial charge is 0.354 e. The van der Waals surface area contributed by atoms with Gasteiger partial charge in [-0.25, -0.2) is 27.6 Å². The van der Waals surface area contributed by atoms with Gasteiger partial charge in [-0.3, -0.25) is 0 Å². The van der Waals surface area contributed by atoms with Crippen LogP contribution in [0.15, 0.2) is 15.5 Å². The van der Waals surface area contributed by atoms with Crippen LogP contribution >= 0.6 is 0 Å². The molecule has 11 heteroatoms. The third-order valence-electron chi connectivity index (χ3n) is 5.64. The Balaban J connectivity index is 1.47. The zero-order valence-electron chi connectivity index (χ0n) is 15.4. The number of halogens is 2. The van der Waals surface area contributed by atoms with Crippen LogP contribution in [0.4, 0.5) is 19.3 Å². The number of aromatic nitrogens is 2. The molecule has 3 aliphatic rings. The van der Waals surface area contributed by atoms with E-state index in [2.05, 4.69) is 14.8 Å². The molecule has 2 amide bonds. The van der Waals surface area contributed by atoms with Gasteiger partial charge in [0.25, 0.3) is 0 Å². The first-order chi connectivity index (χ1) is 13.8. The summed E-state index contributed by atoms with van der Waals surface area (Å²) in [5.41, 5.74) is 3.41. The molecule has 0 bridgehead atoms. The maximum Gasteiger partial charge on any atom is 0.354 e. The van der Waals surface area contributed by atoms with Crippen molar-refractivity contribution in [3.8, 4) is 5.88 Å². The van der Waals surface area contributed by atoms with E-state index in [1.807, 2.05) is 0 Å². The van der Waals surface area contributed by atoms with Crippen molar-refractivity contribution in [3.63, 3.8) is 0 Å². The number of nitrogens with one attached hydrogen (secondary N) is 1. The van der Waals surface area contributed by atoms with E-state index in [9.17, 15) is 17.8 Å². The van der Waals surface area contributed by atoms with Crippen LogP contribution in [0.5, 0.6) is 5.88 Å². The summed E-state index contributed by atoms with van der Waals surface area (Å²) >= 11 is 0. The number of carbonyl (C=O) groups is 1. The number of urea groups is 1. The lowest BCUT2D eigenvalue weighted by atomic mass is 9.83. The Labute approximate surface area is 165 Å². The van der Waals surface area contributed by atoms with Gasteiger partial charge < -0.3 is 10.1 Å². The summed E-state index contributed by atoms with van der Waals surface area (Å²) in [7, 11) is -3.66. The van der Waals surface area contributed by atoms with Gasteiger partial charge in [-0.1, -0.05) is 0 Å². The Kier molecular flexibility index (Phi) is 4.14. The van der Waals surface area contributed by atoms with Gasteiger partial charge in [0.1, 0.15) is 17.3 Å². The first kappa shape index (κ1) is 18.5. The summed E-state index contributed by atoms with van der Waals surface area (Å²) in [5, 5.41) is 12.4. The Bertz CT molecular complexity index is 1170. The van der Waals surface area contributed by atoms with Crippen LogP contribution in [0.3, 0.4) is 0 Å². The van der Waals surface area contributed by atoms with Crippen molar-refractivity contribution < 1.29 is 22.5 Å². The number of amides is 2. The van der Waals surface area contributed by atoms with Crippen LogP contribution in [0, 0.1) is 5.82 Å². The van der Waals surface area contributed by atoms with Gasteiger partial charge in [-0.05, 0) is 54.4 Å². The first-order valence-corrected chi connectivity index (χ1v) is 11.0. The van der Waals surface area contributed by atoms with Gasteiger partial charge in [0.2, 0.25) is 5.88 Å². The Morgan fingerprint density at radius 1 is 1.28 bits per heavy atom. The van der Waals surface area contributed by atoms with Gasteiger partial charge in [0.05, 0.1) is 12.7 Å². The van der Waals surface area contributed by atoms with Crippen LogP contribution in [0.25, 0.3) is 0 Å². The number of anilines is 1. The molecule has 29 heavy (non-hydrogen) atoms. The molecule has 8 nitrogen and oxygen atoms in total. The van der Waals surface area contributed by atoms with E-state index in [0.717, 1.165) is 17.5 Å². The van der Waals surface area contributed by atoms with Crippen molar-refractivity contribution in [1.82, 2.24) is 9.78 Å². The highest BCUT2D eigenvalue weighted by Crippen LogP contribution is 2.42. The topological polar surface area (TPSA) is 112 Å². The summed E-state index contributed by atoms with van der Waals surface area (Å²) in [4.78, 5) is 12.5. The van der Waals surface area contributed by atoms with Gasteiger partial charge in [-0.2, -0.15) is 5.10 Å². The normalized spacial score (nSPS) is 21.1. The predicted molar refractivity (Wildman–Crippen MR) is 100 cm³/mol. The molecule has 0 saturated carbocycles. The fourth-order valence-corrected chi connectivity index (χ4v) is 5.22. The Hall–Kier alpha value is -2.53. The number of nitrogens with two attached hydrogens (primary N) is 1. The molecule has 2 heterocycles. The van der Waals surface area contributed by atoms with Crippen molar-refractivity contribution in [3.05, 3.63) is 34.3 Å². The molecule has 1 aromatic heterocycles. The van der Waals surface area contributed by atoms with Gasteiger partial charge in [0, 0.05) is 5.69 Å². The molecule has 2 atom stereocenters. The molecule has 2 aliphatic carbocycles. The maximum atomic E-state index is 14.5. The molecular weight excluding hydrogens is 404 g/mol. The summed E-state index contributed by atoms with van der Waals surface area (Å²) < 4.78 is 51.0. The van der Waals surface area contributed by atoms with E-state index < -0.39 is 22.1 Å². The van der Waals surface area contributed by atoms with Gasteiger partial charge in [-0.15, -0.1) is 4.36 Å². The molecule has 3 N–H and O–H groups in total. The molecule has 2 aromatic rings. The van der Waals surface area contributed by atoms with Crippen LogP contribution in [-0.4, -0.2) is 32.8 Å². The third kappa shape index (κ3) is 2.91. The second-order valence-corrected chi connectivity index (χ2v) is 9.21. The molecule has 1 aliphatic heterocycles. The predicted octanol–water partition coefficient (Wildman–Crippen LogP) is 2.27. The fraction of sp³-hybridized carbons (Fsp3) is 0.444. The van der Waals surface area contributed by atoms with E-state index in [1.54, 1.807) is 0 Å². The van der Waals surface area contributed by atoms with Crippen LogP contribution in [-0.2, 0) is 42.1 Å². The zero-order valence-corrected chi connectivity index (χ0v) is 16.2. The molecule has 1 aromatic carbocycles. The van der Waals surface area contributed by atoms with Crippen molar-refractivity contribution in [2.45, 2.75) is 49.7 Å². The van der Waals surface area contributed by atoms with E-state index in [4.69, 9.17) is 9.88 Å². The SMILES string of the molecule is NS(=O)(=NC(=O)Nc1c2c(c(F)c3c1CC3)CCC2)c1cnn2c1OCC(F)C2. The summed E-state index contributed by atoms with van der Waals surface area (Å²) in [6.07, 6.45) is 3.37. The van der Waals surface area contributed by atoms with Crippen molar-refractivity contribution >= 4 is 21.6 Å². The van der Waals surface area contributed by atoms with Crippen LogP contribution < -0.4 is 15.2 Å². The molecule has 2 unspecified atom stereocenters. The lowest BCUT2D eigenvalue weighted by Crippen LogP contribution is -2.28. The number of rotatable bonds is 2. The zero-order chi connectivity index (χ0) is 20.3. The second-order valence-electron chi connectivity index (χ2n) is 7.45. The lowest BCUT2D eigenvalue weighted by molar-refractivity contribution is 0.122. The number of nitrogens with zero attached hydrogens (tertiary/aromatic N) is 3. The molecular formula is C18H19F2N5O3S. The van der Waals surface area contributed by atoms with Crippen LogP contribution in [0.2, 0.25) is 0 Å². The van der Waals surface area contributed by atoms with Crippen LogP contribution in [0.1, 0.15) is 28.7 Å². The molecule has 0 spiro atoms.